The number of hydrogen-bond donors (Lipinski definition) is 1. The Morgan fingerprint density at radius 1 is 1.17 bits per heavy atom. The molecule has 2 fully saturated rings. The summed E-state index contributed by atoms with van der Waals surface area (Å²) in [5, 5.41) is 0. The van der Waals surface area contributed by atoms with E-state index in [1.54, 1.807) is 4.90 Å². The van der Waals surface area contributed by atoms with Gasteiger partial charge in [0.25, 0.3) is 0 Å². The summed E-state index contributed by atoms with van der Waals surface area (Å²) in [6, 6.07) is 8.96. The first-order valence-corrected chi connectivity index (χ1v) is 11.9. The predicted octanol–water partition coefficient (Wildman–Crippen LogP) is 5.14. The average Bonchev–Trinajstić information content (AvgIpc) is 2.83. The Morgan fingerprint density at radius 2 is 1.86 bits per heavy atom. The fourth-order valence-electron chi connectivity index (χ4n) is 5.52. The number of rotatable bonds is 5. The van der Waals surface area contributed by atoms with Crippen LogP contribution in [0.15, 0.2) is 53.6 Å². The van der Waals surface area contributed by atoms with Gasteiger partial charge in [0.05, 0.1) is 24.2 Å². The Morgan fingerprint density at radius 3 is 2.47 bits per heavy atom. The average molecular weight is 518 g/mol. The highest BCUT2D eigenvalue weighted by Gasteiger charge is 2.49. The number of ether oxygens (including phenoxy) is 1. The molecule has 36 heavy (non-hydrogen) atoms. The molecule has 0 saturated carbocycles. The van der Waals surface area contributed by atoms with Gasteiger partial charge in [0.2, 0.25) is 0 Å². The van der Waals surface area contributed by atoms with Gasteiger partial charge in [-0.05, 0) is 43.4 Å². The summed E-state index contributed by atoms with van der Waals surface area (Å²) in [5.41, 5.74) is 4.49. The number of nitrogens with two attached hydrogens (primary N) is 1. The molecule has 11 heteroatoms. The summed E-state index contributed by atoms with van der Waals surface area (Å²) < 4.78 is 86.4. The molecule has 2 heterocycles. The van der Waals surface area contributed by atoms with Crippen molar-refractivity contribution in [1.29, 1.82) is 0 Å². The highest BCUT2D eigenvalue weighted by molar-refractivity contribution is 5.72. The lowest BCUT2D eigenvalue weighted by molar-refractivity contribution is -0.166. The Kier molecular flexibility index (Phi) is 7.18. The van der Waals surface area contributed by atoms with Crippen LogP contribution in [0.3, 0.4) is 0 Å². The number of carbonyl (C=O) groups excluding carboxylic acids is 1. The van der Waals surface area contributed by atoms with E-state index < -0.39 is 47.9 Å². The van der Waals surface area contributed by atoms with Crippen molar-refractivity contribution in [3.63, 3.8) is 0 Å². The molecule has 0 radical (unpaired) electrons. The maximum atomic E-state index is 13.4. The topological polar surface area (TPSA) is 58.8 Å². The first-order chi connectivity index (χ1) is 16.8. The molecule has 2 N–H and O–H groups in total. The fourth-order valence-corrected chi connectivity index (χ4v) is 5.52. The van der Waals surface area contributed by atoms with Gasteiger partial charge in [-0.15, -0.1) is 0 Å². The van der Waals surface area contributed by atoms with Gasteiger partial charge in [-0.2, -0.15) is 26.3 Å². The van der Waals surface area contributed by atoms with E-state index in [9.17, 15) is 31.1 Å². The highest BCUT2D eigenvalue weighted by Crippen LogP contribution is 2.44. The summed E-state index contributed by atoms with van der Waals surface area (Å²) in [4.78, 5) is 15.6. The number of alkyl halides is 6. The van der Waals surface area contributed by atoms with Crippen molar-refractivity contribution in [2.24, 2.45) is 11.7 Å². The van der Waals surface area contributed by atoms with Crippen LogP contribution in [0.4, 0.5) is 31.1 Å². The molecule has 2 amide bonds. The molecule has 4 rings (SSSR count). The van der Waals surface area contributed by atoms with Gasteiger partial charge >= 0.3 is 18.4 Å². The van der Waals surface area contributed by atoms with E-state index in [-0.39, 0.29) is 18.2 Å². The lowest BCUT2D eigenvalue weighted by atomic mass is 9.78. The smallest absolute Gasteiger partial charge is 0.372 e. The maximum Gasteiger partial charge on any atom is 0.412 e. The van der Waals surface area contributed by atoms with E-state index in [1.165, 1.54) is 6.92 Å². The van der Waals surface area contributed by atoms with Crippen LogP contribution in [0.1, 0.15) is 31.7 Å². The first kappa shape index (κ1) is 26.5. The van der Waals surface area contributed by atoms with Crippen molar-refractivity contribution in [2.45, 2.75) is 56.2 Å². The van der Waals surface area contributed by atoms with Crippen molar-refractivity contribution in [3.05, 3.63) is 59.2 Å². The third kappa shape index (κ3) is 5.27. The quantitative estimate of drug-likeness (QED) is 0.551. The van der Waals surface area contributed by atoms with Crippen LogP contribution in [0.25, 0.3) is 0 Å². The van der Waals surface area contributed by atoms with E-state index in [0.29, 0.717) is 32.5 Å². The molecular weight excluding hydrogens is 488 g/mol. The molecule has 1 aromatic carbocycles. The Bertz CT molecular complexity index is 1020. The molecule has 1 aromatic rings. The molecule has 198 valence electrons. The second kappa shape index (κ2) is 9.74. The lowest BCUT2D eigenvalue weighted by Gasteiger charge is -2.55. The van der Waals surface area contributed by atoms with E-state index >= 15 is 0 Å². The molecule has 5 nitrogen and oxygen atoms in total. The van der Waals surface area contributed by atoms with Crippen LogP contribution in [-0.4, -0.2) is 66.6 Å². The number of hydrogen-bond acceptors (Lipinski definition) is 3. The number of allylic oxidation sites excluding steroid dienone is 2. The van der Waals surface area contributed by atoms with Crippen LogP contribution < -0.4 is 5.73 Å². The zero-order valence-corrected chi connectivity index (χ0v) is 19.8. The van der Waals surface area contributed by atoms with Gasteiger partial charge in [-0.25, -0.2) is 4.79 Å². The van der Waals surface area contributed by atoms with Crippen molar-refractivity contribution < 1.29 is 35.9 Å². The molecule has 0 spiro atoms. The number of primary amides is 1. The maximum absolute atomic E-state index is 13.4. The third-order valence-electron chi connectivity index (χ3n) is 7.57. The van der Waals surface area contributed by atoms with Crippen molar-refractivity contribution in [3.8, 4) is 0 Å². The van der Waals surface area contributed by atoms with Gasteiger partial charge < -0.3 is 15.4 Å². The van der Waals surface area contributed by atoms with E-state index in [0.717, 1.165) is 17.7 Å². The normalized spacial score (nSPS) is 29.9. The number of fused-ring (bicyclic) bond motifs is 2. The Labute approximate surface area is 205 Å². The molecule has 2 bridgehead atoms. The van der Waals surface area contributed by atoms with Gasteiger partial charge in [-0.3, -0.25) is 4.90 Å². The predicted molar refractivity (Wildman–Crippen MR) is 121 cm³/mol. The number of amides is 2. The molecule has 0 aromatic heterocycles. The largest absolute Gasteiger partial charge is 0.412 e. The van der Waals surface area contributed by atoms with Crippen LogP contribution in [0.5, 0.6) is 0 Å². The Balaban J connectivity index is 1.59. The van der Waals surface area contributed by atoms with Crippen molar-refractivity contribution in [2.75, 3.05) is 26.2 Å². The van der Waals surface area contributed by atoms with Crippen molar-refractivity contribution >= 4 is 6.03 Å². The lowest BCUT2D eigenvalue weighted by Crippen LogP contribution is -2.66. The van der Waals surface area contributed by atoms with Gasteiger partial charge in [0.15, 0.2) is 0 Å². The molecule has 2 saturated heterocycles. The van der Waals surface area contributed by atoms with E-state index in [4.69, 9.17) is 10.5 Å². The number of halogens is 6. The fraction of sp³-hybridized carbons (Fsp3) is 0.560. The minimum Gasteiger partial charge on any atom is -0.372 e. The monoisotopic (exact) mass is 517 g/mol. The van der Waals surface area contributed by atoms with Gasteiger partial charge in [0, 0.05) is 31.2 Å². The second-order valence-corrected chi connectivity index (χ2v) is 9.71. The zero-order valence-electron chi connectivity index (χ0n) is 19.8. The number of piperazine rings is 1. The second-order valence-electron chi connectivity index (χ2n) is 9.71. The minimum atomic E-state index is -4.85. The van der Waals surface area contributed by atoms with E-state index in [1.807, 2.05) is 30.3 Å². The third-order valence-corrected chi connectivity index (χ3v) is 7.57. The summed E-state index contributed by atoms with van der Waals surface area (Å²) in [6.07, 6.45) is -8.91. The molecule has 2 aliphatic heterocycles. The number of urea groups is 1. The molecular formula is C25H29F6N3O2. The van der Waals surface area contributed by atoms with Crippen LogP contribution in [-0.2, 0) is 10.3 Å². The summed E-state index contributed by atoms with van der Waals surface area (Å²) in [7, 11) is 0. The molecule has 1 aliphatic carbocycles. The van der Waals surface area contributed by atoms with Gasteiger partial charge in [-0.1, -0.05) is 36.4 Å². The summed E-state index contributed by atoms with van der Waals surface area (Å²) in [6.45, 7) is 3.05. The minimum absolute atomic E-state index is 0.0589. The van der Waals surface area contributed by atoms with Crippen LogP contribution in [0.2, 0.25) is 0 Å². The molecule has 3 aliphatic rings. The number of benzene rings is 1. The van der Waals surface area contributed by atoms with Gasteiger partial charge in [0.1, 0.15) is 0 Å². The summed E-state index contributed by atoms with van der Waals surface area (Å²) >= 11 is 0. The van der Waals surface area contributed by atoms with E-state index in [2.05, 4.69) is 4.90 Å². The SMILES string of the molecule is CC(OC[C@@]1(c2ccccc2)CC[C@@H]2CN1CCN2C(N)=O)C1=CC(C(F)(F)F)CC(C(F)(F)F)=C1. The molecule has 3 unspecified atom stereocenters. The van der Waals surface area contributed by atoms with Crippen LogP contribution in [0, 0.1) is 5.92 Å². The molecule has 5 atom stereocenters. The number of carbonyl (C=O) groups is 1. The van der Waals surface area contributed by atoms with Crippen LogP contribution >= 0.6 is 0 Å². The first-order valence-electron chi connectivity index (χ1n) is 11.9. The number of piperidine rings is 1. The highest BCUT2D eigenvalue weighted by atomic mass is 19.4. The van der Waals surface area contributed by atoms with Crippen molar-refractivity contribution in [1.82, 2.24) is 9.80 Å². The number of nitrogens with zero attached hydrogens (tertiary/aromatic N) is 2. The summed E-state index contributed by atoms with van der Waals surface area (Å²) in [5.74, 6) is -2.22. The standard InChI is InChI=1S/C25H29F6N3O2/c1-16(17-11-19(24(26,27)28)13-20(12-17)25(29,30)31)36-15-23(18-5-3-2-4-6-18)8-7-21-14-33(23)9-10-34(21)22(32)35/h2-6,11-12,16,19,21H,7-10,13-15H2,1H3,(H2,32,35)/t16?,19?,21-,23-/m1/s1. The zero-order chi connectivity index (χ0) is 26.3. The Hall–Kier alpha value is -2.53.